The molecule has 1 aliphatic rings. The van der Waals surface area contributed by atoms with Gasteiger partial charge in [0.2, 0.25) is 0 Å². The normalized spacial score (nSPS) is 15.7. The quantitative estimate of drug-likeness (QED) is 0.359. The number of aromatic nitrogens is 3. The van der Waals surface area contributed by atoms with Gasteiger partial charge in [-0.25, -0.2) is 9.97 Å². The van der Waals surface area contributed by atoms with Crippen LogP contribution in [-0.4, -0.2) is 21.1 Å². The van der Waals surface area contributed by atoms with Crippen LogP contribution in [0.25, 0.3) is 10.9 Å². The minimum Gasteiger partial charge on any atom is -0.347 e. The second-order valence-corrected chi connectivity index (χ2v) is 9.31. The second kappa shape index (κ2) is 8.64. The molecule has 1 unspecified atom stereocenters. The third-order valence-corrected chi connectivity index (χ3v) is 7.41. The van der Waals surface area contributed by atoms with Gasteiger partial charge in [0.15, 0.2) is 5.82 Å². The molecule has 6 heteroatoms. The standard InChI is InChI=1S/C25H28N4S.ClH/c1-5-23-22-9-7-6-8-19(22)11-13-28(23)25-24-21(10-12-26-25)16(2)17(3)29(24)14-20-15-30-18(4)27-20;/h6-10,12,15,23H,5,11,13-14H2,1-4H3;1H. The fraction of sp³-hybridized carbons (Fsp3) is 0.360. The minimum absolute atomic E-state index is 0. The van der Waals surface area contributed by atoms with Crippen molar-refractivity contribution in [3.05, 3.63) is 75.0 Å². The molecule has 0 saturated heterocycles. The van der Waals surface area contributed by atoms with Gasteiger partial charge in [-0.15, -0.1) is 23.7 Å². The lowest BCUT2D eigenvalue weighted by Crippen LogP contribution is -2.36. The number of fused-ring (bicyclic) bond motifs is 2. The Balaban J connectivity index is 0.00000231. The SMILES string of the molecule is CCC1c2ccccc2CCN1c1nccc2c(C)c(C)n(Cc3csc(C)n3)c12.Cl. The molecule has 0 fully saturated rings. The van der Waals surface area contributed by atoms with E-state index in [1.54, 1.807) is 11.3 Å². The predicted molar refractivity (Wildman–Crippen MR) is 133 cm³/mol. The molecule has 162 valence electrons. The largest absolute Gasteiger partial charge is 0.347 e. The number of anilines is 1. The molecule has 31 heavy (non-hydrogen) atoms. The molecular formula is C25H29ClN4S. The van der Waals surface area contributed by atoms with Crippen LogP contribution in [0.15, 0.2) is 41.9 Å². The smallest absolute Gasteiger partial charge is 0.153 e. The van der Waals surface area contributed by atoms with E-state index >= 15 is 0 Å². The summed E-state index contributed by atoms with van der Waals surface area (Å²) in [4.78, 5) is 12.2. The van der Waals surface area contributed by atoms with Crippen LogP contribution in [0.1, 0.15) is 52.5 Å². The summed E-state index contributed by atoms with van der Waals surface area (Å²) in [7, 11) is 0. The van der Waals surface area contributed by atoms with Crippen LogP contribution in [0, 0.1) is 20.8 Å². The van der Waals surface area contributed by atoms with Crippen molar-refractivity contribution < 1.29 is 0 Å². The van der Waals surface area contributed by atoms with E-state index in [-0.39, 0.29) is 12.4 Å². The van der Waals surface area contributed by atoms with Crippen LogP contribution < -0.4 is 4.90 Å². The van der Waals surface area contributed by atoms with Crippen LogP contribution in [0.3, 0.4) is 0 Å². The van der Waals surface area contributed by atoms with E-state index in [4.69, 9.17) is 9.97 Å². The van der Waals surface area contributed by atoms with E-state index in [0.717, 1.165) is 42.5 Å². The molecule has 0 amide bonds. The number of rotatable bonds is 4. The van der Waals surface area contributed by atoms with Gasteiger partial charge in [0, 0.05) is 29.2 Å². The molecule has 0 N–H and O–H groups in total. The van der Waals surface area contributed by atoms with Gasteiger partial charge >= 0.3 is 0 Å². The second-order valence-electron chi connectivity index (χ2n) is 8.25. The zero-order valence-corrected chi connectivity index (χ0v) is 20.2. The summed E-state index contributed by atoms with van der Waals surface area (Å²) in [5.74, 6) is 1.11. The summed E-state index contributed by atoms with van der Waals surface area (Å²) in [6, 6.07) is 11.4. The van der Waals surface area contributed by atoms with Crippen LogP contribution in [0.5, 0.6) is 0 Å². The third kappa shape index (κ3) is 3.64. The fourth-order valence-electron chi connectivity index (χ4n) is 4.97. The average molecular weight is 453 g/mol. The molecule has 4 heterocycles. The van der Waals surface area contributed by atoms with Crippen molar-refractivity contribution in [2.45, 2.75) is 53.1 Å². The maximum absolute atomic E-state index is 4.95. The zero-order valence-electron chi connectivity index (χ0n) is 18.6. The van der Waals surface area contributed by atoms with Gasteiger partial charge in [0.25, 0.3) is 0 Å². The molecule has 4 aromatic rings. The van der Waals surface area contributed by atoms with Crippen molar-refractivity contribution in [3.8, 4) is 0 Å². The highest BCUT2D eigenvalue weighted by Crippen LogP contribution is 2.39. The first-order valence-electron chi connectivity index (χ1n) is 10.8. The van der Waals surface area contributed by atoms with Crippen molar-refractivity contribution in [3.63, 3.8) is 0 Å². The lowest BCUT2D eigenvalue weighted by molar-refractivity contribution is 0.562. The number of benzene rings is 1. The highest BCUT2D eigenvalue weighted by Gasteiger charge is 2.29. The molecule has 3 aromatic heterocycles. The highest BCUT2D eigenvalue weighted by molar-refractivity contribution is 7.09. The number of pyridine rings is 1. The maximum Gasteiger partial charge on any atom is 0.153 e. The van der Waals surface area contributed by atoms with E-state index in [9.17, 15) is 0 Å². The van der Waals surface area contributed by atoms with Crippen molar-refractivity contribution in [1.29, 1.82) is 0 Å². The van der Waals surface area contributed by atoms with Crippen molar-refractivity contribution in [2.24, 2.45) is 0 Å². The molecule has 4 nitrogen and oxygen atoms in total. The van der Waals surface area contributed by atoms with Gasteiger partial charge in [-0.2, -0.15) is 0 Å². The lowest BCUT2D eigenvalue weighted by Gasteiger charge is -2.38. The van der Waals surface area contributed by atoms with Crippen LogP contribution in [0.4, 0.5) is 5.82 Å². The molecule has 5 rings (SSSR count). The Hall–Kier alpha value is -2.37. The summed E-state index contributed by atoms with van der Waals surface area (Å²) < 4.78 is 2.43. The molecule has 1 aromatic carbocycles. The summed E-state index contributed by atoms with van der Waals surface area (Å²) in [6.07, 6.45) is 4.11. The van der Waals surface area contributed by atoms with E-state index in [1.807, 2.05) is 6.20 Å². The number of halogens is 1. The average Bonchev–Trinajstić information content (AvgIpc) is 3.29. The number of thiazole rings is 1. The third-order valence-electron chi connectivity index (χ3n) is 6.58. The Morgan fingerprint density at radius 3 is 2.68 bits per heavy atom. The first-order chi connectivity index (χ1) is 14.6. The zero-order chi connectivity index (χ0) is 20.8. The summed E-state index contributed by atoms with van der Waals surface area (Å²) in [5, 5.41) is 4.60. The molecule has 1 aliphatic heterocycles. The van der Waals surface area contributed by atoms with E-state index in [1.165, 1.54) is 33.3 Å². The van der Waals surface area contributed by atoms with Crippen LogP contribution >= 0.6 is 23.7 Å². The first-order valence-corrected chi connectivity index (χ1v) is 11.7. The Bertz CT molecular complexity index is 1230. The highest BCUT2D eigenvalue weighted by atomic mass is 35.5. The number of aryl methyl sites for hydroxylation is 2. The van der Waals surface area contributed by atoms with Crippen molar-refractivity contribution in [2.75, 3.05) is 11.4 Å². The van der Waals surface area contributed by atoms with Gasteiger partial charge in [-0.05, 0) is 56.4 Å². The molecule has 1 atom stereocenters. The summed E-state index contributed by atoms with van der Waals surface area (Å²) >= 11 is 1.72. The summed E-state index contributed by atoms with van der Waals surface area (Å²) in [6.45, 7) is 10.6. The van der Waals surface area contributed by atoms with Crippen molar-refractivity contribution in [1.82, 2.24) is 14.5 Å². The van der Waals surface area contributed by atoms with E-state index < -0.39 is 0 Å². The topological polar surface area (TPSA) is 34.0 Å². The Labute approximate surface area is 194 Å². The molecule has 0 aliphatic carbocycles. The van der Waals surface area contributed by atoms with Gasteiger partial charge in [-0.3, -0.25) is 0 Å². The molecule has 0 saturated carbocycles. The summed E-state index contributed by atoms with van der Waals surface area (Å²) in [5.41, 5.74) is 7.95. The lowest BCUT2D eigenvalue weighted by atomic mass is 9.91. The number of nitrogens with zero attached hydrogens (tertiary/aromatic N) is 4. The van der Waals surface area contributed by atoms with Gasteiger partial charge in [-0.1, -0.05) is 31.2 Å². The monoisotopic (exact) mass is 452 g/mol. The molecule has 0 bridgehead atoms. The van der Waals surface area contributed by atoms with Gasteiger partial charge in [0.05, 0.1) is 28.8 Å². The fourth-order valence-corrected chi connectivity index (χ4v) is 5.58. The number of hydrogen-bond acceptors (Lipinski definition) is 4. The first kappa shape index (κ1) is 21.8. The Kier molecular flexibility index (Phi) is 6.09. The maximum atomic E-state index is 4.95. The number of hydrogen-bond donors (Lipinski definition) is 0. The van der Waals surface area contributed by atoms with E-state index in [2.05, 4.69) is 72.9 Å². The Morgan fingerprint density at radius 1 is 1.13 bits per heavy atom. The van der Waals surface area contributed by atoms with Crippen molar-refractivity contribution >= 4 is 40.5 Å². The predicted octanol–water partition coefficient (Wildman–Crippen LogP) is 6.40. The van der Waals surface area contributed by atoms with Crippen LogP contribution in [0.2, 0.25) is 0 Å². The van der Waals surface area contributed by atoms with Gasteiger partial charge in [0.1, 0.15) is 0 Å². The molecule has 0 spiro atoms. The minimum atomic E-state index is 0. The van der Waals surface area contributed by atoms with E-state index in [0.29, 0.717) is 6.04 Å². The molecular weight excluding hydrogens is 424 g/mol. The van der Waals surface area contributed by atoms with Crippen LogP contribution in [-0.2, 0) is 13.0 Å². The molecule has 0 radical (unpaired) electrons. The Morgan fingerprint density at radius 2 is 1.94 bits per heavy atom. The van der Waals surface area contributed by atoms with Gasteiger partial charge < -0.3 is 9.47 Å².